The SMILES string of the molecule is Cc1cc(C)c(-c2cc(C(C)C)ccn2)cn1. The van der Waals surface area contributed by atoms with E-state index in [4.69, 9.17) is 0 Å². The van der Waals surface area contributed by atoms with Gasteiger partial charge in [-0.05, 0) is 49.1 Å². The maximum absolute atomic E-state index is 4.44. The van der Waals surface area contributed by atoms with Gasteiger partial charge in [-0.2, -0.15) is 0 Å². The van der Waals surface area contributed by atoms with E-state index in [0.717, 1.165) is 17.0 Å². The van der Waals surface area contributed by atoms with Crippen LogP contribution in [-0.2, 0) is 0 Å². The molecule has 0 saturated carbocycles. The Morgan fingerprint density at radius 2 is 1.82 bits per heavy atom. The molecular formula is C15H18N2. The van der Waals surface area contributed by atoms with E-state index in [0.29, 0.717) is 5.92 Å². The van der Waals surface area contributed by atoms with Crippen molar-refractivity contribution in [2.75, 3.05) is 0 Å². The van der Waals surface area contributed by atoms with Crippen molar-refractivity contribution in [1.82, 2.24) is 9.97 Å². The molecule has 0 aliphatic rings. The van der Waals surface area contributed by atoms with E-state index in [1.54, 1.807) is 0 Å². The highest BCUT2D eigenvalue weighted by atomic mass is 14.7. The highest BCUT2D eigenvalue weighted by Crippen LogP contribution is 2.24. The Kier molecular flexibility index (Phi) is 3.23. The number of nitrogens with zero attached hydrogens (tertiary/aromatic N) is 2. The zero-order valence-corrected chi connectivity index (χ0v) is 10.9. The first-order chi connectivity index (χ1) is 8.08. The number of aromatic nitrogens is 2. The molecule has 0 unspecified atom stereocenters. The average molecular weight is 226 g/mol. The molecule has 0 fully saturated rings. The number of aryl methyl sites for hydroxylation is 2. The normalized spacial score (nSPS) is 10.9. The van der Waals surface area contributed by atoms with Crippen molar-refractivity contribution >= 4 is 0 Å². The maximum Gasteiger partial charge on any atom is 0.0722 e. The summed E-state index contributed by atoms with van der Waals surface area (Å²) in [5, 5.41) is 0. The third-order valence-corrected chi connectivity index (χ3v) is 2.97. The van der Waals surface area contributed by atoms with Crippen LogP contribution < -0.4 is 0 Å². The molecule has 17 heavy (non-hydrogen) atoms. The lowest BCUT2D eigenvalue weighted by Gasteiger charge is -2.09. The summed E-state index contributed by atoms with van der Waals surface area (Å²) in [5.41, 5.74) is 5.73. The minimum Gasteiger partial charge on any atom is -0.261 e. The topological polar surface area (TPSA) is 25.8 Å². The van der Waals surface area contributed by atoms with Crippen molar-refractivity contribution in [3.8, 4) is 11.3 Å². The predicted octanol–water partition coefficient (Wildman–Crippen LogP) is 3.88. The van der Waals surface area contributed by atoms with E-state index in [-0.39, 0.29) is 0 Å². The molecule has 2 aromatic rings. The van der Waals surface area contributed by atoms with Crippen molar-refractivity contribution in [1.29, 1.82) is 0 Å². The first kappa shape index (κ1) is 11.8. The van der Waals surface area contributed by atoms with Crippen molar-refractivity contribution in [3.05, 3.63) is 47.4 Å². The zero-order valence-electron chi connectivity index (χ0n) is 10.9. The predicted molar refractivity (Wildman–Crippen MR) is 71.0 cm³/mol. The highest BCUT2D eigenvalue weighted by Gasteiger charge is 2.06. The van der Waals surface area contributed by atoms with E-state index in [2.05, 4.69) is 48.9 Å². The fourth-order valence-corrected chi connectivity index (χ4v) is 1.92. The van der Waals surface area contributed by atoms with Gasteiger partial charge in [-0.1, -0.05) is 13.8 Å². The summed E-state index contributed by atoms with van der Waals surface area (Å²) >= 11 is 0. The molecule has 2 nitrogen and oxygen atoms in total. The molecule has 0 amide bonds. The smallest absolute Gasteiger partial charge is 0.0722 e. The minimum absolute atomic E-state index is 0.524. The number of pyridine rings is 2. The molecule has 0 aromatic carbocycles. The number of hydrogen-bond acceptors (Lipinski definition) is 2. The van der Waals surface area contributed by atoms with Crippen molar-refractivity contribution in [2.24, 2.45) is 0 Å². The van der Waals surface area contributed by atoms with Crippen LogP contribution in [0.5, 0.6) is 0 Å². The van der Waals surface area contributed by atoms with Gasteiger partial charge in [-0.25, -0.2) is 0 Å². The van der Waals surface area contributed by atoms with Crippen LogP contribution in [0, 0.1) is 13.8 Å². The van der Waals surface area contributed by atoms with Gasteiger partial charge in [-0.3, -0.25) is 9.97 Å². The number of hydrogen-bond donors (Lipinski definition) is 0. The Labute approximate surface area is 103 Å². The molecule has 0 N–H and O–H groups in total. The molecule has 88 valence electrons. The van der Waals surface area contributed by atoms with Crippen molar-refractivity contribution in [2.45, 2.75) is 33.6 Å². The van der Waals surface area contributed by atoms with Gasteiger partial charge < -0.3 is 0 Å². The average Bonchev–Trinajstić information content (AvgIpc) is 2.29. The molecule has 2 heterocycles. The first-order valence-electron chi connectivity index (χ1n) is 5.97. The van der Waals surface area contributed by atoms with Gasteiger partial charge in [0.05, 0.1) is 5.69 Å². The molecule has 0 bridgehead atoms. The Balaban J connectivity index is 2.49. The number of rotatable bonds is 2. The van der Waals surface area contributed by atoms with E-state index in [9.17, 15) is 0 Å². The quantitative estimate of drug-likeness (QED) is 0.776. The zero-order chi connectivity index (χ0) is 12.4. The Morgan fingerprint density at radius 3 is 2.47 bits per heavy atom. The summed E-state index contributed by atoms with van der Waals surface area (Å²) in [4.78, 5) is 8.79. The maximum atomic E-state index is 4.44. The molecule has 0 spiro atoms. The monoisotopic (exact) mass is 226 g/mol. The molecule has 0 saturated heterocycles. The summed E-state index contributed by atoms with van der Waals surface area (Å²) < 4.78 is 0. The van der Waals surface area contributed by atoms with Crippen LogP contribution in [0.2, 0.25) is 0 Å². The largest absolute Gasteiger partial charge is 0.261 e. The molecule has 2 aromatic heterocycles. The van der Waals surface area contributed by atoms with Crippen LogP contribution in [0.4, 0.5) is 0 Å². The second kappa shape index (κ2) is 4.66. The van der Waals surface area contributed by atoms with Crippen LogP contribution >= 0.6 is 0 Å². The molecule has 0 aliphatic carbocycles. The minimum atomic E-state index is 0.524. The third kappa shape index (κ3) is 2.52. The fraction of sp³-hybridized carbons (Fsp3) is 0.333. The summed E-state index contributed by atoms with van der Waals surface area (Å²) in [5.74, 6) is 0.524. The van der Waals surface area contributed by atoms with E-state index < -0.39 is 0 Å². The van der Waals surface area contributed by atoms with E-state index in [1.165, 1.54) is 11.1 Å². The fourth-order valence-electron chi connectivity index (χ4n) is 1.92. The van der Waals surface area contributed by atoms with Crippen LogP contribution in [0.3, 0.4) is 0 Å². The summed E-state index contributed by atoms with van der Waals surface area (Å²) in [6, 6.07) is 6.33. The van der Waals surface area contributed by atoms with Crippen molar-refractivity contribution < 1.29 is 0 Å². The van der Waals surface area contributed by atoms with Gasteiger partial charge in [0.2, 0.25) is 0 Å². The van der Waals surface area contributed by atoms with Crippen molar-refractivity contribution in [3.63, 3.8) is 0 Å². The third-order valence-electron chi connectivity index (χ3n) is 2.97. The molecule has 0 radical (unpaired) electrons. The standard InChI is InChI=1S/C15H18N2/c1-10(2)13-5-6-16-15(8-13)14-9-17-12(4)7-11(14)3/h5-10H,1-4H3. The highest BCUT2D eigenvalue weighted by molar-refractivity contribution is 5.63. The molecule has 2 rings (SSSR count). The summed E-state index contributed by atoms with van der Waals surface area (Å²) in [6.07, 6.45) is 3.79. The van der Waals surface area contributed by atoms with Gasteiger partial charge in [0.1, 0.15) is 0 Å². The van der Waals surface area contributed by atoms with Gasteiger partial charge >= 0.3 is 0 Å². The molecule has 0 atom stereocenters. The van der Waals surface area contributed by atoms with Crippen LogP contribution in [0.25, 0.3) is 11.3 Å². The summed E-state index contributed by atoms with van der Waals surface area (Å²) in [6.45, 7) is 8.50. The lowest BCUT2D eigenvalue weighted by Crippen LogP contribution is -1.94. The first-order valence-corrected chi connectivity index (χ1v) is 5.97. The van der Waals surface area contributed by atoms with Gasteiger partial charge in [0.25, 0.3) is 0 Å². The van der Waals surface area contributed by atoms with Crippen LogP contribution in [0.15, 0.2) is 30.6 Å². The molecule has 0 aliphatic heterocycles. The Hall–Kier alpha value is -1.70. The second-order valence-corrected chi connectivity index (χ2v) is 4.77. The summed E-state index contributed by atoms with van der Waals surface area (Å²) in [7, 11) is 0. The van der Waals surface area contributed by atoms with Crippen LogP contribution in [0.1, 0.15) is 36.6 Å². The second-order valence-electron chi connectivity index (χ2n) is 4.77. The Bertz CT molecular complexity index is 530. The molecular weight excluding hydrogens is 208 g/mol. The van der Waals surface area contributed by atoms with Gasteiger partial charge in [-0.15, -0.1) is 0 Å². The Morgan fingerprint density at radius 1 is 1.06 bits per heavy atom. The lowest BCUT2D eigenvalue weighted by molar-refractivity contribution is 0.863. The van der Waals surface area contributed by atoms with Gasteiger partial charge in [0, 0.05) is 23.7 Å². The van der Waals surface area contributed by atoms with E-state index in [1.807, 2.05) is 19.3 Å². The lowest BCUT2D eigenvalue weighted by atomic mass is 10.0. The van der Waals surface area contributed by atoms with Gasteiger partial charge in [0.15, 0.2) is 0 Å². The molecule has 2 heteroatoms. The van der Waals surface area contributed by atoms with E-state index >= 15 is 0 Å². The van der Waals surface area contributed by atoms with Crippen LogP contribution in [-0.4, -0.2) is 9.97 Å².